The first-order chi connectivity index (χ1) is 6.07. The second-order valence-corrected chi connectivity index (χ2v) is 2.78. The molecule has 13 heavy (non-hydrogen) atoms. The summed E-state index contributed by atoms with van der Waals surface area (Å²) in [6, 6.07) is 2.34. The topological polar surface area (TPSA) is 43.1 Å². The summed E-state index contributed by atoms with van der Waals surface area (Å²) < 4.78 is 13.0. The van der Waals surface area contributed by atoms with E-state index < -0.39 is 4.92 Å². The second-order valence-electron chi connectivity index (χ2n) is 2.78. The average Bonchev–Trinajstić information content (AvgIpc) is 2.09. The van der Waals surface area contributed by atoms with Crippen LogP contribution in [-0.2, 0) is 6.42 Å². The molecule has 0 heterocycles. The number of nitro groups is 1. The summed E-state index contributed by atoms with van der Waals surface area (Å²) in [5, 5.41) is 10.5. The summed E-state index contributed by atoms with van der Waals surface area (Å²) in [6.07, 6.45) is 0.472. The van der Waals surface area contributed by atoms with E-state index in [1.807, 2.05) is 0 Å². The molecule has 0 spiro atoms. The van der Waals surface area contributed by atoms with E-state index in [0.717, 1.165) is 6.07 Å². The van der Waals surface area contributed by atoms with Crippen LogP contribution in [0.4, 0.5) is 10.1 Å². The van der Waals surface area contributed by atoms with Crippen molar-refractivity contribution >= 4 is 5.69 Å². The van der Waals surface area contributed by atoms with Gasteiger partial charge in [-0.2, -0.15) is 0 Å². The Morgan fingerprint density at radius 3 is 2.62 bits per heavy atom. The van der Waals surface area contributed by atoms with Crippen molar-refractivity contribution < 1.29 is 9.31 Å². The van der Waals surface area contributed by atoms with E-state index >= 15 is 0 Å². The standard InChI is InChI=1S/C9H10FNO2/c1-3-7-6(2)8(10)4-5-9(7)11(12)13/h4-5H,3H2,1-2H3. The lowest BCUT2D eigenvalue weighted by molar-refractivity contribution is -0.385. The molecule has 0 amide bonds. The lowest BCUT2D eigenvalue weighted by Gasteiger charge is -2.04. The fourth-order valence-corrected chi connectivity index (χ4v) is 1.33. The molecule has 1 aromatic rings. The predicted molar refractivity (Wildman–Crippen MR) is 47.2 cm³/mol. The molecule has 0 unspecified atom stereocenters. The number of rotatable bonds is 2. The van der Waals surface area contributed by atoms with E-state index in [0.29, 0.717) is 17.5 Å². The molecule has 0 aliphatic rings. The van der Waals surface area contributed by atoms with Crippen LogP contribution >= 0.6 is 0 Å². The van der Waals surface area contributed by atoms with Crippen LogP contribution in [-0.4, -0.2) is 4.92 Å². The largest absolute Gasteiger partial charge is 0.273 e. The van der Waals surface area contributed by atoms with Gasteiger partial charge in [-0.25, -0.2) is 4.39 Å². The van der Waals surface area contributed by atoms with Gasteiger partial charge in [0, 0.05) is 11.6 Å². The highest BCUT2D eigenvalue weighted by Crippen LogP contribution is 2.24. The van der Waals surface area contributed by atoms with E-state index in [-0.39, 0.29) is 11.5 Å². The summed E-state index contributed by atoms with van der Waals surface area (Å²) in [5.74, 6) is -0.387. The van der Waals surface area contributed by atoms with E-state index in [9.17, 15) is 14.5 Å². The maximum Gasteiger partial charge on any atom is 0.273 e. The van der Waals surface area contributed by atoms with Crippen molar-refractivity contribution in [3.63, 3.8) is 0 Å². The summed E-state index contributed by atoms with van der Waals surface area (Å²) in [5.41, 5.74) is 0.850. The number of nitrogens with zero attached hydrogens (tertiary/aromatic N) is 1. The first-order valence-corrected chi connectivity index (χ1v) is 4.00. The summed E-state index contributed by atoms with van der Waals surface area (Å²) in [6.45, 7) is 3.33. The minimum atomic E-state index is -0.481. The van der Waals surface area contributed by atoms with E-state index in [1.54, 1.807) is 13.8 Å². The molecule has 0 N–H and O–H groups in total. The Kier molecular flexibility index (Phi) is 2.60. The SMILES string of the molecule is CCc1c([N+](=O)[O-])ccc(F)c1C. The van der Waals surface area contributed by atoms with Crippen molar-refractivity contribution in [1.29, 1.82) is 0 Å². The Hall–Kier alpha value is -1.45. The zero-order chi connectivity index (χ0) is 10.0. The Labute approximate surface area is 75.3 Å². The van der Waals surface area contributed by atoms with Gasteiger partial charge in [0.2, 0.25) is 0 Å². The maximum atomic E-state index is 13.0. The van der Waals surface area contributed by atoms with Crippen molar-refractivity contribution in [1.82, 2.24) is 0 Å². The zero-order valence-corrected chi connectivity index (χ0v) is 7.50. The van der Waals surface area contributed by atoms with Gasteiger partial charge in [0.1, 0.15) is 5.82 Å². The van der Waals surface area contributed by atoms with Gasteiger partial charge in [0.25, 0.3) is 5.69 Å². The number of benzene rings is 1. The third kappa shape index (κ3) is 1.66. The summed E-state index contributed by atoms with van der Waals surface area (Å²) in [4.78, 5) is 10.0. The van der Waals surface area contributed by atoms with Gasteiger partial charge in [-0.3, -0.25) is 10.1 Å². The zero-order valence-electron chi connectivity index (χ0n) is 7.50. The van der Waals surface area contributed by atoms with Crippen molar-refractivity contribution in [3.8, 4) is 0 Å². The fraction of sp³-hybridized carbons (Fsp3) is 0.333. The van der Waals surface area contributed by atoms with Crippen LogP contribution in [0, 0.1) is 22.9 Å². The van der Waals surface area contributed by atoms with Gasteiger partial charge >= 0.3 is 0 Å². The Morgan fingerprint density at radius 1 is 1.54 bits per heavy atom. The molecule has 0 saturated carbocycles. The van der Waals surface area contributed by atoms with Crippen molar-refractivity contribution in [2.75, 3.05) is 0 Å². The number of nitro benzene ring substituents is 1. The first-order valence-electron chi connectivity index (χ1n) is 4.00. The molecular weight excluding hydrogens is 173 g/mol. The molecule has 0 saturated heterocycles. The molecule has 0 radical (unpaired) electrons. The van der Waals surface area contributed by atoms with Crippen molar-refractivity contribution in [2.45, 2.75) is 20.3 Å². The fourth-order valence-electron chi connectivity index (χ4n) is 1.33. The molecule has 0 bridgehead atoms. The molecule has 1 aromatic carbocycles. The van der Waals surface area contributed by atoms with Gasteiger partial charge in [-0.1, -0.05) is 6.92 Å². The normalized spacial score (nSPS) is 10.1. The molecule has 70 valence electrons. The second kappa shape index (κ2) is 3.51. The van der Waals surface area contributed by atoms with Gasteiger partial charge in [-0.15, -0.1) is 0 Å². The molecule has 0 atom stereocenters. The lowest BCUT2D eigenvalue weighted by Crippen LogP contribution is -1.98. The number of hydrogen-bond donors (Lipinski definition) is 0. The van der Waals surface area contributed by atoms with Crippen LogP contribution < -0.4 is 0 Å². The average molecular weight is 183 g/mol. The van der Waals surface area contributed by atoms with Crippen LogP contribution in [0.3, 0.4) is 0 Å². The highest BCUT2D eigenvalue weighted by atomic mass is 19.1. The maximum absolute atomic E-state index is 13.0. The Bertz CT molecular complexity index is 350. The first kappa shape index (κ1) is 9.64. The number of hydrogen-bond acceptors (Lipinski definition) is 2. The smallest absolute Gasteiger partial charge is 0.258 e. The van der Waals surface area contributed by atoms with Crippen LogP contribution in [0.5, 0.6) is 0 Å². The van der Waals surface area contributed by atoms with Gasteiger partial charge in [-0.05, 0) is 25.0 Å². The van der Waals surface area contributed by atoms with Gasteiger partial charge in [0.05, 0.1) is 4.92 Å². The van der Waals surface area contributed by atoms with Crippen LogP contribution in [0.15, 0.2) is 12.1 Å². The Morgan fingerprint density at radius 2 is 2.15 bits per heavy atom. The molecule has 0 aliphatic carbocycles. The monoisotopic (exact) mass is 183 g/mol. The third-order valence-electron chi connectivity index (χ3n) is 2.06. The summed E-state index contributed by atoms with van der Waals surface area (Å²) in [7, 11) is 0. The number of halogens is 1. The van der Waals surface area contributed by atoms with E-state index in [2.05, 4.69) is 0 Å². The van der Waals surface area contributed by atoms with E-state index in [1.165, 1.54) is 6.07 Å². The molecule has 0 aliphatic heterocycles. The molecule has 0 aromatic heterocycles. The quantitative estimate of drug-likeness (QED) is 0.522. The molecule has 4 heteroatoms. The molecule has 0 fully saturated rings. The lowest BCUT2D eigenvalue weighted by atomic mass is 10.0. The molecular formula is C9H10FNO2. The minimum absolute atomic E-state index is 0.00130. The van der Waals surface area contributed by atoms with Crippen LogP contribution in [0.2, 0.25) is 0 Å². The van der Waals surface area contributed by atoms with Crippen LogP contribution in [0.25, 0.3) is 0 Å². The van der Waals surface area contributed by atoms with Crippen molar-refractivity contribution in [2.24, 2.45) is 0 Å². The van der Waals surface area contributed by atoms with Crippen molar-refractivity contribution in [3.05, 3.63) is 39.2 Å². The van der Waals surface area contributed by atoms with Crippen LogP contribution in [0.1, 0.15) is 18.1 Å². The molecule has 3 nitrogen and oxygen atoms in total. The minimum Gasteiger partial charge on any atom is -0.258 e. The van der Waals surface area contributed by atoms with Gasteiger partial charge < -0.3 is 0 Å². The summed E-state index contributed by atoms with van der Waals surface area (Å²) >= 11 is 0. The predicted octanol–water partition coefficient (Wildman–Crippen LogP) is 2.60. The van der Waals surface area contributed by atoms with Gasteiger partial charge in [0.15, 0.2) is 0 Å². The highest BCUT2D eigenvalue weighted by Gasteiger charge is 2.16. The highest BCUT2D eigenvalue weighted by molar-refractivity contribution is 5.45. The van der Waals surface area contributed by atoms with E-state index in [4.69, 9.17) is 0 Å². The Balaban J connectivity index is 3.38. The molecule has 1 rings (SSSR count). The third-order valence-corrected chi connectivity index (χ3v) is 2.06.